The Morgan fingerprint density at radius 3 is 2.00 bits per heavy atom. The van der Waals surface area contributed by atoms with Crippen LogP contribution >= 0.6 is 0 Å². The molecule has 0 unspecified atom stereocenters. The molecule has 0 fully saturated rings. The summed E-state index contributed by atoms with van der Waals surface area (Å²) in [5.41, 5.74) is 0.409. The largest absolute Gasteiger partial charge is 0.206 e. The number of halogens is 4. The van der Waals surface area contributed by atoms with Crippen LogP contribution in [0, 0.1) is 30.2 Å². The summed E-state index contributed by atoms with van der Waals surface area (Å²) in [5, 5.41) is 7.02. The molecule has 0 aliphatic rings. The van der Waals surface area contributed by atoms with Gasteiger partial charge in [0.15, 0.2) is 11.6 Å². The summed E-state index contributed by atoms with van der Waals surface area (Å²) < 4.78 is 52.6. The van der Waals surface area contributed by atoms with Crippen LogP contribution in [0.4, 0.5) is 17.6 Å². The lowest BCUT2D eigenvalue weighted by molar-refractivity contribution is 0.508. The van der Waals surface area contributed by atoms with Crippen molar-refractivity contribution in [2.75, 3.05) is 0 Å². The van der Waals surface area contributed by atoms with Gasteiger partial charge in [0.2, 0.25) is 0 Å². The van der Waals surface area contributed by atoms with Crippen molar-refractivity contribution in [3.8, 4) is 0 Å². The van der Waals surface area contributed by atoms with Gasteiger partial charge in [-0.3, -0.25) is 0 Å². The molecule has 0 aliphatic heterocycles. The van der Waals surface area contributed by atoms with Crippen LogP contribution < -0.4 is 0 Å². The number of hydrogen-bond acceptors (Lipinski definition) is 2. The summed E-state index contributed by atoms with van der Waals surface area (Å²) in [6.45, 7) is 1.56. The second kappa shape index (κ2) is 6.30. The van der Waals surface area contributed by atoms with E-state index in [0.717, 1.165) is 24.6 Å². The summed E-state index contributed by atoms with van der Waals surface area (Å²) in [4.78, 5) is 0. The number of aryl methyl sites for hydroxylation is 1. The van der Waals surface area contributed by atoms with Crippen molar-refractivity contribution >= 4 is 12.4 Å². The number of hydrogen-bond donors (Lipinski definition) is 0. The summed E-state index contributed by atoms with van der Waals surface area (Å²) in [6, 6.07) is 5.51. The van der Waals surface area contributed by atoms with Gasteiger partial charge in [-0.15, -0.1) is 0 Å². The third kappa shape index (κ3) is 3.75. The Balaban J connectivity index is 2.15. The molecule has 0 saturated heterocycles. The van der Waals surface area contributed by atoms with Crippen LogP contribution in [-0.4, -0.2) is 12.4 Å². The van der Waals surface area contributed by atoms with Crippen LogP contribution in [0.3, 0.4) is 0 Å². The van der Waals surface area contributed by atoms with E-state index < -0.39 is 23.3 Å². The molecular weight excluding hydrogens is 284 g/mol. The predicted octanol–water partition coefficient (Wildman–Crippen LogP) is 4.00. The summed E-state index contributed by atoms with van der Waals surface area (Å²) in [5.74, 6) is -3.49. The van der Waals surface area contributed by atoms with E-state index in [-0.39, 0.29) is 11.1 Å². The van der Waals surface area contributed by atoms with Crippen molar-refractivity contribution in [3.05, 3.63) is 70.3 Å². The topological polar surface area (TPSA) is 24.7 Å². The molecule has 2 aromatic carbocycles. The van der Waals surface area contributed by atoms with E-state index in [4.69, 9.17) is 0 Å². The van der Waals surface area contributed by atoms with Crippen LogP contribution in [0.25, 0.3) is 0 Å². The summed E-state index contributed by atoms with van der Waals surface area (Å²) in [7, 11) is 0. The van der Waals surface area contributed by atoms with Gasteiger partial charge in [-0.25, -0.2) is 17.6 Å². The molecule has 0 heterocycles. The molecule has 0 spiro atoms. The summed E-state index contributed by atoms with van der Waals surface area (Å²) in [6.07, 6.45) is 2.06. The zero-order valence-corrected chi connectivity index (χ0v) is 10.9. The maximum Gasteiger partial charge on any atom is 0.159 e. The fourth-order valence-electron chi connectivity index (χ4n) is 1.62. The van der Waals surface area contributed by atoms with E-state index in [0.29, 0.717) is 5.56 Å². The van der Waals surface area contributed by atoms with Gasteiger partial charge in [-0.1, -0.05) is 6.07 Å². The second-order valence-corrected chi connectivity index (χ2v) is 4.30. The smallest absolute Gasteiger partial charge is 0.159 e. The van der Waals surface area contributed by atoms with Crippen LogP contribution in [0.15, 0.2) is 40.5 Å². The Bertz CT molecular complexity index is 701. The highest BCUT2D eigenvalue weighted by Gasteiger charge is 2.07. The highest BCUT2D eigenvalue weighted by molar-refractivity contribution is 5.83. The van der Waals surface area contributed by atoms with Gasteiger partial charge in [-0.05, 0) is 42.3 Å². The lowest BCUT2D eigenvalue weighted by atomic mass is 10.1. The summed E-state index contributed by atoms with van der Waals surface area (Å²) >= 11 is 0. The van der Waals surface area contributed by atoms with Gasteiger partial charge in [0.05, 0.1) is 18.0 Å². The van der Waals surface area contributed by atoms with Crippen molar-refractivity contribution in [1.29, 1.82) is 0 Å². The number of rotatable bonds is 3. The van der Waals surface area contributed by atoms with E-state index >= 15 is 0 Å². The van der Waals surface area contributed by atoms with Gasteiger partial charge >= 0.3 is 0 Å². The van der Waals surface area contributed by atoms with Gasteiger partial charge in [0.1, 0.15) is 11.6 Å². The zero-order valence-electron chi connectivity index (χ0n) is 10.9. The molecule has 0 N–H and O–H groups in total. The van der Waals surface area contributed by atoms with Crippen molar-refractivity contribution in [1.82, 2.24) is 0 Å². The van der Waals surface area contributed by atoms with Crippen LogP contribution in [0.5, 0.6) is 0 Å². The van der Waals surface area contributed by atoms with Crippen molar-refractivity contribution < 1.29 is 17.6 Å². The molecule has 0 bridgehead atoms. The Morgan fingerprint density at radius 1 is 0.762 bits per heavy atom. The molecule has 108 valence electrons. The first kappa shape index (κ1) is 14.9. The third-order valence-electron chi connectivity index (χ3n) is 2.63. The number of benzene rings is 2. The quantitative estimate of drug-likeness (QED) is 0.464. The van der Waals surface area contributed by atoms with Crippen LogP contribution in [-0.2, 0) is 0 Å². The van der Waals surface area contributed by atoms with Gasteiger partial charge < -0.3 is 0 Å². The molecule has 0 saturated carbocycles. The molecule has 2 aromatic rings. The second-order valence-electron chi connectivity index (χ2n) is 4.30. The van der Waals surface area contributed by atoms with E-state index in [1.54, 1.807) is 6.92 Å². The van der Waals surface area contributed by atoms with E-state index in [9.17, 15) is 17.6 Å². The minimum atomic E-state index is -1.02. The Hall–Kier alpha value is -2.50. The van der Waals surface area contributed by atoms with Gasteiger partial charge in [0, 0.05) is 0 Å². The molecule has 0 amide bonds. The average Bonchev–Trinajstić information content (AvgIpc) is 2.40. The van der Waals surface area contributed by atoms with Gasteiger partial charge in [0.25, 0.3) is 0 Å². The Kier molecular flexibility index (Phi) is 4.47. The van der Waals surface area contributed by atoms with E-state index in [1.807, 2.05) is 0 Å². The molecule has 21 heavy (non-hydrogen) atoms. The highest BCUT2D eigenvalue weighted by Crippen LogP contribution is 2.13. The SMILES string of the molecule is Cc1cc(F)c(/C=N/N=C/c2ccc(F)c(F)c2)c(F)c1. The van der Waals surface area contributed by atoms with Crippen molar-refractivity contribution in [2.45, 2.75) is 6.92 Å². The number of nitrogens with zero attached hydrogens (tertiary/aromatic N) is 2. The Morgan fingerprint density at radius 2 is 1.38 bits per heavy atom. The molecular formula is C15H10F4N2. The van der Waals surface area contributed by atoms with Crippen molar-refractivity contribution in [2.24, 2.45) is 10.2 Å². The highest BCUT2D eigenvalue weighted by atomic mass is 19.2. The lowest BCUT2D eigenvalue weighted by Crippen LogP contribution is -1.95. The molecule has 0 aromatic heterocycles. The molecule has 0 radical (unpaired) electrons. The van der Waals surface area contributed by atoms with Crippen LogP contribution in [0.2, 0.25) is 0 Å². The first-order chi connectivity index (χ1) is 9.97. The molecule has 0 atom stereocenters. The molecule has 6 heteroatoms. The molecule has 2 rings (SSSR count). The van der Waals surface area contributed by atoms with E-state index in [1.165, 1.54) is 18.2 Å². The lowest BCUT2D eigenvalue weighted by Gasteiger charge is -1.99. The van der Waals surface area contributed by atoms with E-state index in [2.05, 4.69) is 10.2 Å². The molecule has 0 aliphatic carbocycles. The maximum absolute atomic E-state index is 13.5. The van der Waals surface area contributed by atoms with Gasteiger partial charge in [-0.2, -0.15) is 10.2 Å². The van der Waals surface area contributed by atoms with Crippen LogP contribution in [0.1, 0.15) is 16.7 Å². The molecule has 2 nitrogen and oxygen atoms in total. The normalized spacial score (nSPS) is 11.7. The first-order valence-electron chi connectivity index (χ1n) is 5.94. The minimum absolute atomic E-state index is 0.274. The third-order valence-corrected chi connectivity index (χ3v) is 2.63. The maximum atomic E-state index is 13.5. The monoisotopic (exact) mass is 294 g/mol. The fourth-order valence-corrected chi connectivity index (χ4v) is 1.62. The van der Waals surface area contributed by atoms with Crippen molar-refractivity contribution in [3.63, 3.8) is 0 Å². The standard InChI is InChI=1S/C15H10F4N2/c1-9-4-13(17)11(14(18)5-9)8-21-20-7-10-2-3-12(16)15(19)6-10/h2-8H,1H3/b20-7+,21-8+. The first-order valence-corrected chi connectivity index (χ1v) is 5.94. The average molecular weight is 294 g/mol. The minimum Gasteiger partial charge on any atom is -0.206 e. The predicted molar refractivity (Wildman–Crippen MR) is 72.6 cm³/mol. The fraction of sp³-hybridized carbons (Fsp3) is 0.0667. The zero-order chi connectivity index (χ0) is 15.4. The Labute approximate surface area is 118 Å².